The van der Waals surface area contributed by atoms with Gasteiger partial charge in [-0.2, -0.15) is 0 Å². The first kappa shape index (κ1) is 28.5. The number of rotatable bonds is 8. The zero-order chi connectivity index (χ0) is 30.4. The first-order valence-electron chi connectivity index (χ1n) is 14.6. The minimum absolute atomic E-state index is 0.00795. The minimum atomic E-state index is -1.84. The summed E-state index contributed by atoms with van der Waals surface area (Å²) in [6.45, 7) is 1.45. The van der Waals surface area contributed by atoms with Crippen molar-refractivity contribution >= 4 is 38.8 Å². The molecular weight excluding hydrogens is 581 g/mol. The van der Waals surface area contributed by atoms with Crippen LogP contribution < -0.4 is 15.5 Å². The summed E-state index contributed by atoms with van der Waals surface area (Å²) in [6, 6.07) is 12.9. The second-order valence-corrected chi connectivity index (χ2v) is 12.7. The van der Waals surface area contributed by atoms with Crippen molar-refractivity contribution in [3.05, 3.63) is 94.5 Å². The molecule has 1 saturated heterocycles. The second-order valence-electron chi connectivity index (χ2n) is 11.2. The number of pyridine rings is 1. The largest absolute Gasteiger partial charge is 0.611 e. The highest BCUT2D eigenvalue weighted by Gasteiger charge is 2.34. The number of aryl methyl sites for hydroxylation is 1. The molecule has 1 amide bonds. The van der Waals surface area contributed by atoms with Crippen LogP contribution in [0, 0.1) is 5.82 Å². The van der Waals surface area contributed by atoms with E-state index in [1.165, 1.54) is 6.20 Å². The van der Waals surface area contributed by atoms with Gasteiger partial charge in [0.1, 0.15) is 16.8 Å². The third-order valence-electron chi connectivity index (χ3n) is 8.52. The van der Waals surface area contributed by atoms with Crippen LogP contribution in [0.5, 0.6) is 11.5 Å². The van der Waals surface area contributed by atoms with E-state index < -0.39 is 28.3 Å². The number of hydrogen-bond acceptors (Lipinski definition) is 7. The van der Waals surface area contributed by atoms with Gasteiger partial charge in [0.25, 0.3) is 5.91 Å². The standard InChI is InChI=1S/C33H30FN5O4S/c1-38-13-4-7-23(38)8-10-37-33(41)25-19-39-27-15-20-5-2-3-6-21(20)16-28(27)43-31-29(39)24(30(25)40)17-26(34)32(31)44(42)14-9-22-18-35-11-12-36-22/h2-3,5-6,11-12,15-19,23H,4,7-10,13-14H2,1H3,(H,37,41). The number of fused-ring (bicyclic) bond motifs is 3. The fraction of sp³-hybridized carbons (Fsp3) is 0.273. The molecule has 44 heavy (non-hydrogen) atoms. The van der Waals surface area contributed by atoms with E-state index in [9.17, 15) is 14.1 Å². The third kappa shape index (κ3) is 5.10. The van der Waals surface area contributed by atoms with Crippen LogP contribution in [0.1, 0.15) is 35.3 Å². The Balaban J connectivity index is 1.33. The molecule has 0 bridgehead atoms. The predicted molar refractivity (Wildman–Crippen MR) is 167 cm³/mol. The lowest BCUT2D eigenvalue weighted by atomic mass is 10.0. The van der Waals surface area contributed by atoms with Crippen LogP contribution in [0.25, 0.3) is 27.4 Å². The predicted octanol–water partition coefficient (Wildman–Crippen LogP) is 4.74. The van der Waals surface area contributed by atoms with Crippen molar-refractivity contribution in [1.29, 1.82) is 0 Å². The van der Waals surface area contributed by atoms with E-state index in [0.717, 1.165) is 42.6 Å². The molecule has 7 rings (SSSR count). The monoisotopic (exact) mass is 611 g/mol. The number of amides is 1. The maximum atomic E-state index is 15.9. The quantitative estimate of drug-likeness (QED) is 0.248. The molecule has 2 aliphatic rings. The molecule has 2 aromatic heterocycles. The van der Waals surface area contributed by atoms with E-state index in [4.69, 9.17) is 4.74 Å². The molecule has 224 valence electrons. The summed E-state index contributed by atoms with van der Waals surface area (Å²) in [5.74, 6) is -0.875. The fourth-order valence-corrected chi connectivity index (χ4v) is 7.42. The SMILES string of the molecule is CN1CCCC1CCNC(=O)c1cn2c3c(c([S+]([O-])CCc4cnccn4)c(F)cc3c1=O)Oc1cc3ccccc3cc1-2. The first-order chi connectivity index (χ1) is 21.4. The van der Waals surface area contributed by atoms with Gasteiger partial charge in [-0.3, -0.25) is 19.6 Å². The van der Waals surface area contributed by atoms with E-state index >= 15 is 4.39 Å². The van der Waals surface area contributed by atoms with Gasteiger partial charge in [-0.15, -0.1) is 0 Å². The first-order valence-corrected chi connectivity index (χ1v) is 16.0. The minimum Gasteiger partial charge on any atom is -0.611 e. The summed E-state index contributed by atoms with van der Waals surface area (Å²) in [5.41, 5.74) is 0.772. The Morgan fingerprint density at radius 2 is 2.02 bits per heavy atom. The van der Waals surface area contributed by atoms with Crippen molar-refractivity contribution in [2.75, 3.05) is 25.9 Å². The Morgan fingerprint density at radius 3 is 2.77 bits per heavy atom. The van der Waals surface area contributed by atoms with Crippen LogP contribution in [0.3, 0.4) is 0 Å². The maximum absolute atomic E-state index is 15.9. The third-order valence-corrected chi connectivity index (χ3v) is 9.93. The topological polar surface area (TPSA) is 112 Å². The summed E-state index contributed by atoms with van der Waals surface area (Å²) in [7, 11) is 2.08. The van der Waals surface area contributed by atoms with Crippen molar-refractivity contribution in [2.24, 2.45) is 0 Å². The van der Waals surface area contributed by atoms with Crippen LogP contribution in [0.4, 0.5) is 4.39 Å². The summed E-state index contributed by atoms with van der Waals surface area (Å²) >= 11 is -1.84. The van der Waals surface area contributed by atoms with Crippen molar-refractivity contribution in [2.45, 2.75) is 36.6 Å². The van der Waals surface area contributed by atoms with Crippen molar-refractivity contribution in [3.63, 3.8) is 0 Å². The normalized spacial score (nSPS) is 16.6. The van der Waals surface area contributed by atoms with Gasteiger partial charge in [-0.05, 0) is 73.0 Å². The summed E-state index contributed by atoms with van der Waals surface area (Å²) in [6.07, 6.45) is 9.44. The number of halogens is 1. The molecule has 5 aromatic rings. The lowest BCUT2D eigenvalue weighted by Gasteiger charge is -2.26. The Hall–Kier alpha value is -4.32. The van der Waals surface area contributed by atoms with E-state index in [0.29, 0.717) is 36.1 Å². The number of ether oxygens (including phenoxy) is 1. The lowest BCUT2D eigenvalue weighted by Crippen LogP contribution is -2.34. The fourth-order valence-electron chi connectivity index (χ4n) is 6.20. The number of nitrogens with zero attached hydrogens (tertiary/aromatic N) is 4. The maximum Gasteiger partial charge on any atom is 0.256 e. The van der Waals surface area contributed by atoms with Gasteiger partial charge in [0, 0.05) is 43.8 Å². The molecular formula is C33H30FN5O4S. The molecule has 9 nitrogen and oxygen atoms in total. The second kappa shape index (κ2) is 11.6. The Morgan fingerprint density at radius 1 is 1.20 bits per heavy atom. The molecule has 0 aliphatic carbocycles. The van der Waals surface area contributed by atoms with Crippen LogP contribution in [0.15, 0.2) is 76.9 Å². The smallest absolute Gasteiger partial charge is 0.256 e. The molecule has 2 atom stereocenters. The Labute approximate surface area is 255 Å². The van der Waals surface area contributed by atoms with Crippen LogP contribution >= 0.6 is 0 Å². The van der Waals surface area contributed by atoms with Gasteiger partial charge in [-0.25, -0.2) is 4.39 Å². The van der Waals surface area contributed by atoms with Crippen molar-refractivity contribution < 1.29 is 18.5 Å². The van der Waals surface area contributed by atoms with Gasteiger partial charge in [-0.1, -0.05) is 24.3 Å². The molecule has 1 fully saturated rings. The number of likely N-dealkylation sites (tertiary alicyclic amines) is 1. The number of carbonyl (C=O) groups excluding carboxylic acids is 1. The van der Waals surface area contributed by atoms with Crippen LogP contribution in [-0.2, 0) is 17.6 Å². The van der Waals surface area contributed by atoms with E-state index in [2.05, 4.69) is 27.2 Å². The molecule has 0 spiro atoms. The van der Waals surface area contributed by atoms with Gasteiger partial charge in [0.2, 0.25) is 16.1 Å². The van der Waals surface area contributed by atoms with Gasteiger partial charge in [0.05, 0.1) is 16.8 Å². The molecule has 0 radical (unpaired) electrons. The number of aromatic nitrogens is 3. The molecule has 11 heteroatoms. The van der Waals surface area contributed by atoms with E-state index in [1.807, 2.05) is 36.4 Å². The van der Waals surface area contributed by atoms with Gasteiger partial charge < -0.3 is 24.1 Å². The van der Waals surface area contributed by atoms with E-state index in [1.54, 1.807) is 23.2 Å². The summed E-state index contributed by atoms with van der Waals surface area (Å²) < 4.78 is 37.5. The molecule has 2 aliphatic heterocycles. The molecule has 1 N–H and O–H groups in total. The summed E-state index contributed by atoms with van der Waals surface area (Å²) in [5, 5.41) is 4.70. The summed E-state index contributed by atoms with van der Waals surface area (Å²) in [4.78, 5) is 37.6. The highest BCUT2D eigenvalue weighted by molar-refractivity contribution is 7.91. The average molecular weight is 612 g/mol. The van der Waals surface area contributed by atoms with E-state index in [-0.39, 0.29) is 32.9 Å². The highest BCUT2D eigenvalue weighted by Crippen LogP contribution is 2.45. The number of nitrogens with one attached hydrogen (secondary N) is 1. The molecule has 2 unspecified atom stereocenters. The number of benzene rings is 3. The number of carbonyl (C=O) groups is 1. The zero-order valence-corrected chi connectivity index (χ0v) is 24.9. The molecule has 3 aromatic carbocycles. The average Bonchev–Trinajstić information content (AvgIpc) is 3.44. The van der Waals surface area contributed by atoms with Gasteiger partial charge in [0.15, 0.2) is 11.6 Å². The van der Waals surface area contributed by atoms with Crippen molar-refractivity contribution in [1.82, 2.24) is 24.8 Å². The zero-order valence-electron chi connectivity index (χ0n) is 24.1. The van der Waals surface area contributed by atoms with Crippen LogP contribution in [0.2, 0.25) is 0 Å². The van der Waals surface area contributed by atoms with Gasteiger partial charge >= 0.3 is 0 Å². The van der Waals surface area contributed by atoms with Crippen molar-refractivity contribution in [3.8, 4) is 17.2 Å². The molecule has 0 saturated carbocycles. The molecule has 4 heterocycles. The van der Waals surface area contributed by atoms with Crippen LogP contribution in [-0.4, -0.2) is 61.8 Å². The Kier molecular flexibility index (Phi) is 7.53. The number of hydrogen-bond donors (Lipinski definition) is 1. The highest BCUT2D eigenvalue weighted by atomic mass is 32.2. The lowest BCUT2D eigenvalue weighted by molar-refractivity contribution is 0.0949. The Bertz CT molecular complexity index is 1970.